The van der Waals surface area contributed by atoms with Crippen molar-refractivity contribution in [1.29, 1.82) is 0 Å². The number of aliphatic hydroxyl groups is 2. The molecule has 1 aromatic rings. The third-order valence-electron chi connectivity index (χ3n) is 4.20. The quantitative estimate of drug-likeness (QED) is 0.205. The zero-order chi connectivity index (χ0) is 21.8. The largest absolute Gasteiger partial charge is 0.462 e. The molecule has 1 unspecified atom stereocenters. The fourth-order valence-electron chi connectivity index (χ4n) is 2.87. The van der Waals surface area contributed by atoms with E-state index in [0.717, 1.165) is 17.5 Å². The minimum Gasteiger partial charge on any atom is -0.462 e. The van der Waals surface area contributed by atoms with Gasteiger partial charge in [-0.3, -0.25) is 18.5 Å². The second kappa shape index (κ2) is 9.57. The van der Waals surface area contributed by atoms with Crippen molar-refractivity contribution in [1.82, 2.24) is 14.9 Å². The molecular formula is C14H22N4O10S. The summed E-state index contributed by atoms with van der Waals surface area (Å²) in [6.45, 7) is 0.541. The smallest absolute Gasteiger partial charge is 0.394 e. The van der Waals surface area contributed by atoms with Crippen molar-refractivity contribution in [2.45, 2.75) is 43.4 Å². The molecule has 164 valence electrons. The summed E-state index contributed by atoms with van der Waals surface area (Å²) in [6, 6.07) is 1.02. The van der Waals surface area contributed by atoms with E-state index in [9.17, 15) is 19.8 Å². The van der Waals surface area contributed by atoms with Crippen LogP contribution in [0.25, 0.3) is 0 Å². The van der Waals surface area contributed by atoms with Gasteiger partial charge in [0.15, 0.2) is 6.23 Å². The first-order valence-electron chi connectivity index (χ1n) is 8.43. The van der Waals surface area contributed by atoms with E-state index in [1.165, 1.54) is 12.3 Å². The molecule has 3 heterocycles. The number of nitrogens with two attached hydrogens (primary N) is 1. The fourth-order valence-corrected chi connectivity index (χ4v) is 2.87. The van der Waals surface area contributed by atoms with Gasteiger partial charge >= 0.3 is 22.1 Å². The highest BCUT2D eigenvalue weighted by atomic mass is 32.3. The second-order valence-electron chi connectivity index (χ2n) is 6.32. The number of nitrogen functional groups attached to an aromatic ring is 1. The molecule has 5 atom stereocenters. The number of rotatable bonds is 4. The summed E-state index contributed by atoms with van der Waals surface area (Å²) in [7, 11) is -4.67. The molecule has 0 spiro atoms. The lowest BCUT2D eigenvalue weighted by Crippen LogP contribution is -2.38. The molecule has 15 heteroatoms. The molecule has 0 aromatic carbocycles. The van der Waals surface area contributed by atoms with Crippen molar-refractivity contribution >= 4 is 22.2 Å². The number of aromatic nitrogens is 2. The molecule has 1 aromatic heterocycles. The second-order valence-corrected chi connectivity index (χ2v) is 7.21. The normalized spacial score (nSPS) is 29.2. The van der Waals surface area contributed by atoms with Crippen molar-refractivity contribution in [2.75, 3.05) is 18.9 Å². The first-order chi connectivity index (χ1) is 13.5. The average Bonchev–Trinajstić information content (AvgIpc) is 3.23. The molecule has 2 aliphatic heterocycles. The lowest BCUT2D eigenvalue weighted by molar-refractivity contribution is -0.152. The van der Waals surface area contributed by atoms with Gasteiger partial charge in [-0.25, -0.2) is 4.79 Å². The van der Waals surface area contributed by atoms with Gasteiger partial charge in [0.2, 0.25) is 0 Å². The number of carbonyl (C=O) groups excluding carboxylic acids is 1. The maximum absolute atomic E-state index is 11.9. The predicted molar refractivity (Wildman–Crippen MR) is 95.0 cm³/mol. The standard InChI is InChI=1S/C14H20N4O6.H2O4S/c15-9-3-5-18(14(22)17-9)12-11(20)10(19)8(24-12)6-23-13(21)7-2-1-4-16-7;1-5(2,3)4/h3,5,7-8,10-12,16,19-20H,1-2,4,6H2,(H2,15,17,22);(H2,1,2,3,4)/t7?,8-,10-,11+,12-;/m1./s1. The van der Waals surface area contributed by atoms with Gasteiger partial charge in [-0.05, 0) is 25.5 Å². The molecule has 0 bridgehead atoms. The molecule has 29 heavy (non-hydrogen) atoms. The maximum atomic E-state index is 11.9. The monoisotopic (exact) mass is 438 g/mol. The number of carbonyl (C=O) groups is 1. The molecule has 2 saturated heterocycles. The third kappa shape index (κ3) is 6.70. The van der Waals surface area contributed by atoms with Crippen molar-refractivity contribution in [3.63, 3.8) is 0 Å². The van der Waals surface area contributed by atoms with Gasteiger partial charge in [0.25, 0.3) is 0 Å². The number of ether oxygens (including phenoxy) is 2. The van der Waals surface area contributed by atoms with Crippen LogP contribution in [0.4, 0.5) is 5.82 Å². The Kier molecular flexibility index (Phi) is 7.64. The van der Waals surface area contributed by atoms with E-state index in [2.05, 4.69) is 10.3 Å². The number of hydrogen-bond donors (Lipinski definition) is 6. The van der Waals surface area contributed by atoms with Gasteiger partial charge in [0, 0.05) is 6.20 Å². The van der Waals surface area contributed by atoms with Gasteiger partial charge in [-0.15, -0.1) is 0 Å². The third-order valence-corrected chi connectivity index (χ3v) is 4.20. The van der Waals surface area contributed by atoms with Gasteiger partial charge < -0.3 is 30.7 Å². The first kappa shape index (κ1) is 23.1. The number of aliphatic hydroxyl groups excluding tert-OH is 2. The Hall–Kier alpha value is -2.14. The summed E-state index contributed by atoms with van der Waals surface area (Å²) in [4.78, 5) is 27.2. The highest BCUT2D eigenvalue weighted by Gasteiger charge is 2.45. The van der Waals surface area contributed by atoms with Gasteiger partial charge in [-0.2, -0.15) is 13.4 Å². The summed E-state index contributed by atoms with van der Waals surface area (Å²) in [5.41, 5.74) is 4.71. The van der Waals surface area contributed by atoms with E-state index < -0.39 is 46.6 Å². The van der Waals surface area contributed by atoms with Gasteiger partial charge in [0.05, 0.1) is 0 Å². The highest BCUT2D eigenvalue weighted by molar-refractivity contribution is 7.79. The molecule has 14 nitrogen and oxygen atoms in total. The first-order valence-corrected chi connectivity index (χ1v) is 9.83. The van der Waals surface area contributed by atoms with E-state index in [4.69, 9.17) is 32.7 Å². The van der Waals surface area contributed by atoms with Crippen LogP contribution in [0.1, 0.15) is 19.1 Å². The number of anilines is 1. The molecule has 3 rings (SSSR count). The zero-order valence-electron chi connectivity index (χ0n) is 15.0. The zero-order valence-corrected chi connectivity index (χ0v) is 15.8. The van der Waals surface area contributed by atoms with Crippen LogP contribution in [-0.2, 0) is 24.7 Å². The summed E-state index contributed by atoms with van der Waals surface area (Å²) in [5, 5.41) is 23.2. The lowest BCUT2D eigenvalue weighted by Gasteiger charge is -2.17. The average molecular weight is 438 g/mol. The van der Waals surface area contributed by atoms with Crippen LogP contribution in [-0.4, -0.2) is 80.8 Å². The van der Waals surface area contributed by atoms with Crippen LogP contribution < -0.4 is 16.7 Å². The number of nitrogens with zero attached hydrogens (tertiary/aromatic N) is 2. The van der Waals surface area contributed by atoms with Crippen molar-refractivity contribution in [2.24, 2.45) is 0 Å². The van der Waals surface area contributed by atoms with E-state index >= 15 is 0 Å². The molecule has 0 saturated carbocycles. The molecule has 2 aliphatic rings. The van der Waals surface area contributed by atoms with Crippen LogP contribution in [0.3, 0.4) is 0 Å². The summed E-state index contributed by atoms with van der Waals surface area (Å²) in [5.74, 6) is -0.383. The molecule has 0 amide bonds. The summed E-state index contributed by atoms with van der Waals surface area (Å²) < 4.78 is 43.2. The van der Waals surface area contributed by atoms with E-state index in [0.29, 0.717) is 6.42 Å². The van der Waals surface area contributed by atoms with Crippen molar-refractivity contribution < 1.29 is 42.0 Å². The van der Waals surface area contributed by atoms with Crippen molar-refractivity contribution in [3.05, 3.63) is 22.7 Å². The van der Waals surface area contributed by atoms with Gasteiger partial charge in [-0.1, -0.05) is 0 Å². The number of hydrogen-bond acceptors (Lipinski definition) is 11. The van der Waals surface area contributed by atoms with Crippen LogP contribution in [0.5, 0.6) is 0 Å². The molecule has 0 radical (unpaired) electrons. The summed E-state index contributed by atoms with van der Waals surface area (Å²) in [6.07, 6.45) is -1.82. The van der Waals surface area contributed by atoms with Crippen LogP contribution in [0, 0.1) is 0 Å². The Labute approximate surface area is 164 Å². The molecule has 2 fully saturated rings. The minimum absolute atomic E-state index is 0.0406. The Morgan fingerprint density at radius 3 is 2.59 bits per heavy atom. The Bertz CT molecular complexity index is 861. The highest BCUT2D eigenvalue weighted by Crippen LogP contribution is 2.28. The van der Waals surface area contributed by atoms with Crippen molar-refractivity contribution in [3.8, 4) is 0 Å². The molecule has 0 aliphatic carbocycles. The minimum atomic E-state index is -4.67. The predicted octanol–water partition coefficient (Wildman–Crippen LogP) is -2.91. The Morgan fingerprint density at radius 2 is 2.03 bits per heavy atom. The SMILES string of the molecule is Nc1ccn([C@@H]2O[C@H](COC(=O)C3CCCN3)[C@@H](O)[C@@H]2O)c(=O)n1.O=S(=O)(O)O. The van der Waals surface area contributed by atoms with E-state index in [1.807, 2.05) is 0 Å². The molecule has 7 N–H and O–H groups in total. The van der Waals surface area contributed by atoms with Crippen LogP contribution in [0.15, 0.2) is 17.1 Å². The van der Waals surface area contributed by atoms with E-state index in [1.54, 1.807) is 0 Å². The van der Waals surface area contributed by atoms with Crippen LogP contribution in [0.2, 0.25) is 0 Å². The molecular weight excluding hydrogens is 416 g/mol. The topological polar surface area (TPSA) is 224 Å². The number of nitrogens with one attached hydrogen (secondary N) is 1. The summed E-state index contributed by atoms with van der Waals surface area (Å²) >= 11 is 0. The van der Waals surface area contributed by atoms with Crippen LogP contribution >= 0.6 is 0 Å². The van der Waals surface area contributed by atoms with Gasteiger partial charge in [0.1, 0.15) is 36.8 Å². The fraction of sp³-hybridized carbons (Fsp3) is 0.643. The Balaban J connectivity index is 0.000000537. The Morgan fingerprint density at radius 1 is 1.38 bits per heavy atom. The number of esters is 1. The van der Waals surface area contributed by atoms with E-state index in [-0.39, 0.29) is 18.5 Å². The lowest BCUT2D eigenvalue weighted by atomic mass is 10.1. The maximum Gasteiger partial charge on any atom is 0.394 e.